The normalized spacial score (nSPS) is 24.9. The first-order valence-electron chi connectivity index (χ1n) is 6.08. The summed E-state index contributed by atoms with van der Waals surface area (Å²) < 4.78 is 26.2. The van der Waals surface area contributed by atoms with Gasteiger partial charge in [0.25, 0.3) is 0 Å². The van der Waals surface area contributed by atoms with Gasteiger partial charge in [-0.3, -0.25) is 0 Å². The second kappa shape index (κ2) is 4.93. The van der Waals surface area contributed by atoms with E-state index in [9.17, 15) is 13.5 Å². The van der Waals surface area contributed by atoms with Crippen LogP contribution in [-0.4, -0.2) is 36.5 Å². The molecular formula is C13H16N2O3S. The molecule has 1 saturated heterocycles. The molecule has 0 bridgehead atoms. The lowest BCUT2D eigenvalue weighted by molar-refractivity contribution is 0.00940. The fraction of sp³-hybridized carbons (Fsp3) is 0.462. The molecule has 0 aromatic heterocycles. The van der Waals surface area contributed by atoms with Crippen LogP contribution in [0.15, 0.2) is 29.2 Å². The van der Waals surface area contributed by atoms with E-state index in [0.717, 1.165) is 0 Å². The molecule has 1 fully saturated rings. The Hall–Kier alpha value is -1.42. The molecule has 1 aliphatic rings. The molecule has 0 amide bonds. The highest BCUT2D eigenvalue weighted by molar-refractivity contribution is 7.89. The molecule has 6 heteroatoms. The molecule has 0 radical (unpaired) electrons. The first kappa shape index (κ1) is 14.0. The fourth-order valence-corrected chi connectivity index (χ4v) is 3.90. The molecule has 1 unspecified atom stereocenters. The van der Waals surface area contributed by atoms with Crippen LogP contribution in [0.4, 0.5) is 0 Å². The molecule has 1 aromatic rings. The molecule has 1 N–H and O–H groups in total. The Bertz CT molecular complexity index is 617. The Morgan fingerprint density at radius 2 is 2.21 bits per heavy atom. The van der Waals surface area contributed by atoms with E-state index in [1.54, 1.807) is 19.1 Å². The first-order valence-corrected chi connectivity index (χ1v) is 7.52. The first-order chi connectivity index (χ1) is 8.85. The monoisotopic (exact) mass is 280 g/mol. The van der Waals surface area contributed by atoms with Gasteiger partial charge in [-0.2, -0.15) is 9.57 Å². The Balaban J connectivity index is 2.34. The van der Waals surface area contributed by atoms with Crippen LogP contribution >= 0.6 is 0 Å². The summed E-state index contributed by atoms with van der Waals surface area (Å²) in [6, 6.07) is 7.87. The molecule has 19 heavy (non-hydrogen) atoms. The zero-order valence-corrected chi connectivity index (χ0v) is 11.5. The van der Waals surface area contributed by atoms with Crippen molar-refractivity contribution in [1.29, 1.82) is 5.26 Å². The Kier molecular flexibility index (Phi) is 3.63. The van der Waals surface area contributed by atoms with Crippen LogP contribution < -0.4 is 0 Å². The van der Waals surface area contributed by atoms with Crippen LogP contribution in [0.3, 0.4) is 0 Å². The molecule has 2 rings (SSSR count). The van der Waals surface area contributed by atoms with E-state index in [-0.39, 0.29) is 11.4 Å². The maximum Gasteiger partial charge on any atom is 0.243 e. The quantitative estimate of drug-likeness (QED) is 0.879. The molecule has 0 spiro atoms. The minimum Gasteiger partial charge on any atom is -0.389 e. The third kappa shape index (κ3) is 2.95. The third-order valence-corrected chi connectivity index (χ3v) is 5.08. The van der Waals surface area contributed by atoms with Crippen LogP contribution in [0.2, 0.25) is 0 Å². The second-order valence-corrected chi connectivity index (χ2v) is 7.02. The smallest absolute Gasteiger partial charge is 0.243 e. The summed E-state index contributed by atoms with van der Waals surface area (Å²) in [6.45, 7) is 2.13. The maximum absolute atomic E-state index is 12.4. The van der Waals surface area contributed by atoms with Gasteiger partial charge < -0.3 is 5.11 Å². The van der Waals surface area contributed by atoms with Crippen molar-refractivity contribution in [3.8, 4) is 6.07 Å². The van der Waals surface area contributed by atoms with Crippen molar-refractivity contribution in [1.82, 2.24) is 4.31 Å². The topological polar surface area (TPSA) is 81.4 Å². The highest BCUT2D eigenvalue weighted by atomic mass is 32.2. The Morgan fingerprint density at radius 1 is 1.47 bits per heavy atom. The van der Waals surface area contributed by atoms with E-state index in [1.807, 2.05) is 6.07 Å². The van der Waals surface area contributed by atoms with Crippen molar-refractivity contribution in [3.63, 3.8) is 0 Å². The number of β-amino-alcohol motifs (C(OH)–C–C–N with tert-alkyl or cyclic N) is 1. The van der Waals surface area contributed by atoms with Crippen LogP contribution in [0.5, 0.6) is 0 Å². The van der Waals surface area contributed by atoms with E-state index >= 15 is 0 Å². The highest BCUT2D eigenvalue weighted by Gasteiger charge is 2.35. The van der Waals surface area contributed by atoms with Crippen molar-refractivity contribution in [3.05, 3.63) is 29.8 Å². The van der Waals surface area contributed by atoms with Gasteiger partial charge in [0, 0.05) is 13.1 Å². The number of aliphatic hydroxyl groups is 1. The van der Waals surface area contributed by atoms with Gasteiger partial charge in [0.05, 0.1) is 22.1 Å². The van der Waals surface area contributed by atoms with Crippen molar-refractivity contribution < 1.29 is 13.5 Å². The highest BCUT2D eigenvalue weighted by Crippen LogP contribution is 2.26. The Morgan fingerprint density at radius 3 is 2.84 bits per heavy atom. The predicted octanol–water partition coefficient (Wildman–Crippen LogP) is 1.09. The summed E-state index contributed by atoms with van der Waals surface area (Å²) in [6.07, 6.45) is 1.22. The molecule has 1 aromatic carbocycles. The van der Waals surface area contributed by atoms with Gasteiger partial charge in [-0.25, -0.2) is 8.42 Å². The maximum atomic E-state index is 12.4. The molecule has 1 aliphatic heterocycles. The van der Waals surface area contributed by atoms with Crippen molar-refractivity contribution >= 4 is 10.0 Å². The average molecular weight is 280 g/mol. The summed E-state index contributed by atoms with van der Waals surface area (Å²) in [4.78, 5) is 0.101. The van der Waals surface area contributed by atoms with E-state index in [1.165, 1.54) is 16.4 Å². The SMILES string of the molecule is CC1(O)CCCN(S(=O)(=O)c2cccc(C#N)c2)C1. The lowest BCUT2D eigenvalue weighted by atomic mass is 9.97. The van der Waals surface area contributed by atoms with Gasteiger partial charge in [0.2, 0.25) is 10.0 Å². The molecule has 0 saturated carbocycles. The van der Waals surface area contributed by atoms with Crippen molar-refractivity contribution in [2.75, 3.05) is 13.1 Å². The number of sulfonamides is 1. The number of hydrogen-bond acceptors (Lipinski definition) is 4. The molecule has 0 aliphatic carbocycles. The van der Waals surface area contributed by atoms with E-state index in [2.05, 4.69) is 0 Å². The molecule has 1 atom stereocenters. The van der Waals surface area contributed by atoms with Crippen molar-refractivity contribution in [2.45, 2.75) is 30.3 Å². The minimum atomic E-state index is -3.64. The molecular weight excluding hydrogens is 264 g/mol. The average Bonchev–Trinajstić information content (AvgIpc) is 2.37. The number of nitriles is 1. The summed E-state index contributed by atoms with van der Waals surface area (Å²) in [5, 5.41) is 18.8. The fourth-order valence-electron chi connectivity index (χ4n) is 2.25. The zero-order valence-electron chi connectivity index (χ0n) is 10.7. The third-order valence-electron chi connectivity index (χ3n) is 3.24. The van der Waals surface area contributed by atoms with Gasteiger partial charge in [0.1, 0.15) is 0 Å². The van der Waals surface area contributed by atoms with Gasteiger partial charge in [-0.05, 0) is 38.0 Å². The second-order valence-electron chi connectivity index (χ2n) is 5.08. The lowest BCUT2D eigenvalue weighted by Crippen LogP contribution is -2.48. The number of hydrogen-bond donors (Lipinski definition) is 1. The predicted molar refractivity (Wildman–Crippen MR) is 69.8 cm³/mol. The number of piperidine rings is 1. The van der Waals surface area contributed by atoms with Gasteiger partial charge in [0.15, 0.2) is 0 Å². The Labute approximate surface area is 113 Å². The lowest BCUT2D eigenvalue weighted by Gasteiger charge is -2.35. The van der Waals surface area contributed by atoms with Gasteiger partial charge in [-0.15, -0.1) is 0 Å². The number of rotatable bonds is 2. The van der Waals surface area contributed by atoms with E-state index < -0.39 is 15.6 Å². The zero-order chi connectivity index (χ0) is 14.1. The summed E-state index contributed by atoms with van der Waals surface area (Å²) in [5.74, 6) is 0. The summed E-state index contributed by atoms with van der Waals surface area (Å²) >= 11 is 0. The number of benzene rings is 1. The van der Waals surface area contributed by atoms with E-state index in [0.29, 0.717) is 24.9 Å². The van der Waals surface area contributed by atoms with Crippen LogP contribution in [-0.2, 0) is 10.0 Å². The molecule has 5 nitrogen and oxygen atoms in total. The summed E-state index contributed by atoms with van der Waals surface area (Å²) in [7, 11) is -3.64. The molecule has 1 heterocycles. The van der Waals surface area contributed by atoms with Gasteiger partial charge in [-0.1, -0.05) is 6.07 Å². The number of nitrogens with zero attached hydrogens (tertiary/aromatic N) is 2. The minimum absolute atomic E-state index is 0.0894. The summed E-state index contributed by atoms with van der Waals surface area (Å²) in [5.41, 5.74) is -0.678. The standard InChI is InChI=1S/C13H16N2O3S/c1-13(16)6-3-7-15(10-13)19(17,18)12-5-2-4-11(8-12)9-14/h2,4-5,8,16H,3,6-7,10H2,1H3. The largest absolute Gasteiger partial charge is 0.389 e. The van der Waals surface area contributed by atoms with Crippen LogP contribution in [0.25, 0.3) is 0 Å². The van der Waals surface area contributed by atoms with Gasteiger partial charge >= 0.3 is 0 Å². The van der Waals surface area contributed by atoms with E-state index in [4.69, 9.17) is 5.26 Å². The van der Waals surface area contributed by atoms with Crippen molar-refractivity contribution in [2.24, 2.45) is 0 Å². The van der Waals surface area contributed by atoms with Crippen LogP contribution in [0.1, 0.15) is 25.3 Å². The van der Waals surface area contributed by atoms with Crippen LogP contribution in [0, 0.1) is 11.3 Å². The molecule has 102 valence electrons.